The fourth-order valence-electron chi connectivity index (χ4n) is 2.23. The van der Waals surface area contributed by atoms with Crippen LogP contribution in [0.1, 0.15) is 12.5 Å². The first-order valence-electron chi connectivity index (χ1n) is 7.51. The van der Waals surface area contributed by atoms with Crippen molar-refractivity contribution in [3.63, 3.8) is 0 Å². The van der Waals surface area contributed by atoms with Crippen LogP contribution in [-0.2, 0) is 16.0 Å². The molecule has 0 fully saturated rings. The van der Waals surface area contributed by atoms with Crippen molar-refractivity contribution >= 4 is 29.1 Å². The van der Waals surface area contributed by atoms with Gasteiger partial charge in [-0.05, 0) is 36.2 Å². The summed E-state index contributed by atoms with van der Waals surface area (Å²) in [4.78, 5) is 24.9. The minimum absolute atomic E-state index is 0.0952. The quantitative estimate of drug-likeness (QED) is 0.871. The Morgan fingerprint density at radius 2 is 1.79 bits per heavy atom. The van der Waals surface area contributed by atoms with E-state index in [0.29, 0.717) is 18.0 Å². The van der Waals surface area contributed by atoms with Gasteiger partial charge in [-0.3, -0.25) is 9.59 Å². The van der Waals surface area contributed by atoms with Crippen LogP contribution in [-0.4, -0.2) is 24.9 Å². The summed E-state index contributed by atoms with van der Waals surface area (Å²) in [7, 11) is 0. The molecule has 0 saturated carbocycles. The van der Waals surface area contributed by atoms with Gasteiger partial charge in [-0.15, -0.1) is 0 Å². The van der Waals surface area contributed by atoms with Gasteiger partial charge in [0.05, 0.1) is 5.69 Å². The van der Waals surface area contributed by atoms with Crippen LogP contribution in [0.3, 0.4) is 0 Å². The second-order valence-corrected chi connectivity index (χ2v) is 5.72. The van der Waals surface area contributed by atoms with Gasteiger partial charge in [-0.25, -0.2) is 4.39 Å². The third kappa shape index (κ3) is 5.06. The lowest BCUT2D eigenvalue weighted by atomic mass is 10.1. The van der Waals surface area contributed by atoms with Gasteiger partial charge in [0.1, 0.15) is 12.4 Å². The Labute approximate surface area is 145 Å². The number of hydrogen-bond donors (Lipinski definition) is 1. The van der Waals surface area contributed by atoms with Gasteiger partial charge in [-0.1, -0.05) is 35.9 Å². The molecule has 2 amide bonds. The Kier molecular flexibility index (Phi) is 6.32. The van der Waals surface area contributed by atoms with Crippen LogP contribution >= 0.6 is 11.6 Å². The summed E-state index contributed by atoms with van der Waals surface area (Å²) >= 11 is 5.82. The summed E-state index contributed by atoms with van der Waals surface area (Å²) in [5.74, 6) is -1.28. The van der Waals surface area contributed by atoms with E-state index < -0.39 is 11.7 Å². The standard InChI is InChI=1S/C18H18ClFN2O2/c1-13(23)22(17-5-3-2-4-16(17)20)12-18(24)21-11-10-14-6-8-15(19)9-7-14/h2-9H,10-12H2,1H3,(H,21,24). The van der Waals surface area contributed by atoms with Crippen LogP contribution in [0.2, 0.25) is 5.02 Å². The van der Waals surface area contributed by atoms with E-state index >= 15 is 0 Å². The predicted octanol–water partition coefficient (Wildman–Crippen LogP) is 3.19. The van der Waals surface area contributed by atoms with Crippen LogP contribution in [0.15, 0.2) is 48.5 Å². The number of anilines is 1. The maximum absolute atomic E-state index is 13.8. The average molecular weight is 349 g/mol. The molecular formula is C18H18ClFN2O2. The Bertz CT molecular complexity index is 719. The summed E-state index contributed by atoms with van der Waals surface area (Å²) in [6, 6.07) is 13.2. The molecule has 0 unspecified atom stereocenters. The normalized spacial score (nSPS) is 10.3. The van der Waals surface area contributed by atoms with Gasteiger partial charge in [0.2, 0.25) is 11.8 Å². The van der Waals surface area contributed by atoms with Crippen molar-refractivity contribution < 1.29 is 14.0 Å². The van der Waals surface area contributed by atoms with Crippen LogP contribution < -0.4 is 10.2 Å². The molecule has 0 atom stereocenters. The van der Waals surface area contributed by atoms with Crippen LogP contribution in [0.4, 0.5) is 10.1 Å². The van der Waals surface area contributed by atoms with Crippen molar-refractivity contribution in [1.82, 2.24) is 5.32 Å². The molecule has 2 aromatic carbocycles. The maximum atomic E-state index is 13.8. The lowest BCUT2D eigenvalue weighted by Crippen LogP contribution is -2.40. The first-order valence-corrected chi connectivity index (χ1v) is 7.89. The lowest BCUT2D eigenvalue weighted by Gasteiger charge is -2.21. The first kappa shape index (κ1) is 17.9. The number of nitrogens with zero attached hydrogens (tertiary/aromatic N) is 1. The van der Waals surface area contributed by atoms with E-state index in [4.69, 9.17) is 11.6 Å². The van der Waals surface area contributed by atoms with E-state index in [9.17, 15) is 14.0 Å². The molecule has 126 valence electrons. The topological polar surface area (TPSA) is 49.4 Å². The molecule has 6 heteroatoms. The number of halogens is 2. The highest BCUT2D eigenvalue weighted by molar-refractivity contribution is 6.30. The Morgan fingerprint density at radius 3 is 2.42 bits per heavy atom. The zero-order chi connectivity index (χ0) is 17.5. The SMILES string of the molecule is CC(=O)N(CC(=O)NCCc1ccc(Cl)cc1)c1ccccc1F. The molecule has 24 heavy (non-hydrogen) atoms. The van der Waals surface area contributed by atoms with Crippen molar-refractivity contribution in [2.45, 2.75) is 13.3 Å². The van der Waals surface area contributed by atoms with E-state index in [2.05, 4.69) is 5.32 Å². The smallest absolute Gasteiger partial charge is 0.240 e. The summed E-state index contributed by atoms with van der Waals surface area (Å²) in [6.07, 6.45) is 0.642. The molecule has 0 spiro atoms. The largest absolute Gasteiger partial charge is 0.354 e. The van der Waals surface area contributed by atoms with Crippen molar-refractivity contribution in [3.05, 3.63) is 64.9 Å². The molecule has 0 aliphatic rings. The molecular weight excluding hydrogens is 331 g/mol. The zero-order valence-corrected chi connectivity index (χ0v) is 14.0. The van der Waals surface area contributed by atoms with Crippen molar-refractivity contribution in [3.8, 4) is 0 Å². The van der Waals surface area contributed by atoms with Crippen molar-refractivity contribution in [1.29, 1.82) is 0 Å². The van der Waals surface area contributed by atoms with Crippen LogP contribution in [0.5, 0.6) is 0 Å². The molecule has 0 bridgehead atoms. The number of carbonyl (C=O) groups excluding carboxylic acids is 2. The first-order chi connectivity index (χ1) is 11.5. The second-order valence-electron chi connectivity index (χ2n) is 5.28. The number of rotatable bonds is 6. The summed E-state index contributed by atoms with van der Waals surface area (Å²) in [5.41, 5.74) is 1.13. The monoisotopic (exact) mass is 348 g/mol. The molecule has 4 nitrogen and oxygen atoms in total. The van der Waals surface area contributed by atoms with Crippen LogP contribution in [0.25, 0.3) is 0 Å². The number of para-hydroxylation sites is 1. The molecule has 1 N–H and O–H groups in total. The fraction of sp³-hybridized carbons (Fsp3) is 0.222. The van der Waals surface area contributed by atoms with E-state index in [-0.39, 0.29) is 18.1 Å². The van der Waals surface area contributed by atoms with E-state index in [1.54, 1.807) is 18.2 Å². The van der Waals surface area contributed by atoms with E-state index in [0.717, 1.165) is 10.5 Å². The minimum Gasteiger partial charge on any atom is -0.354 e. The van der Waals surface area contributed by atoms with Gasteiger partial charge >= 0.3 is 0 Å². The molecule has 0 radical (unpaired) electrons. The van der Waals surface area contributed by atoms with Gasteiger partial charge in [-0.2, -0.15) is 0 Å². The van der Waals surface area contributed by atoms with Crippen molar-refractivity contribution in [2.75, 3.05) is 18.0 Å². The van der Waals surface area contributed by atoms with E-state index in [1.807, 2.05) is 12.1 Å². The average Bonchev–Trinajstić information content (AvgIpc) is 2.55. The van der Waals surface area contributed by atoms with Gasteiger partial charge in [0.25, 0.3) is 0 Å². The molecule has 2 aromatic rings. The Balaban J connectivity index is 1.90. The fourth-order valence-corrected chi connectivity index (χ4v) is 2.36. The van der Waals surface area contributed by atoms with Crippen molar-refractivity contribution in [2.24, 2.45) is 0 Å². The maximum Gasteiger partial charge on any atom is 0.240 e. The molecule has 0 aromatic heterocycles. The number of nitrogens with one attached hydrogen (secondary N) is 1. The molecule has 0 heterocycles. The number of benzene rings is 2. The summed E-state index contributed by atoms with van der Waals surface area (Å²) in [6.45, 7) is 1.49. The van der Waals surface area contributed by atoms with Gasteiger partial charge in [0.15, 0.2) is 0 Å². The Hall–Kier alpha value is -2.40. The molecule has 0 aliphatic heterocycles. The summed E-state index contributed by atoms with van der Waals surface area (Å²) in [5, 5.41) is 3.39. The van der Waals surface area contributed by atoms with E-state index in [1.165, 1.54) is 25.1 Å². The van der Waals surface area contributed by atoms with Gasteiger partial charge in [0, 0.05) is 18.5 Å². The molecule has 0 aliphatic carbocycles. The highest BCUT2D eigenvalue weighted by atomic mass is 35.5. The zero-order valence-electron chi connectivity index (χ0n) is 13.3. The number of carbonyl (C=O) groups is 2. The highest BCUT2D eigenvalue weighted by Crippen LogP contribution is 2.18. The second kappa shape index (κ2) is 8.45. The van der Waals surface area contributed by atoms with Gasteiger partial charge < -0.3 is 10.2 Å². The number of hydrogen-bond acceptors (Lipinski definition) is 2. The third-order valence-electron chi connectivity index (χ3n) is 3.47. The molecule has 0 saturated heterocycles. The lowest BCUT2D eigenvalue weighted by molar-refractivity contribution is -0.123. The summed E-state index contributed by atoms with van der Waals surface area (Å²) < 4.78 is 13.8. The Morgan fingerprint density at radius 1 is 1.12 bits per heavy atom. The molecule has 2 rings (SSSR count). The third-order valence-corrected chi connectivity index (χ3v) is 3.73. The highest BCUT2D eigenvalue weighted by Gasteiger charge is 2.18. The minimum atomic E-state index is -0.540. The number of amides is 2. The van der Waals surface area contributed by atoms with Crippen LogP contribution in [0, 0.1) is 5.82 Å². The predicted molar refractivity (Wildman–Crippen MR) is 92.6 cm³/mol.